The topological polar surface area (TPSA) is 49.4 Å². The molecular weight excluding hydrogens is 204 g/mol. The lowest BCUT2D eigenvalue weighted by atomic mass is 10.2. The predicted molar refractivity (Wildman–Crippen MR) is 64.9 cm³/mol. The van der Waals surface area contributed by atoms with Crippen LogP contribution in [-0.4, -0.2) is 36.3 Å². The van der Waals surface area contributed by atoms with Crippen molar-refractivity contribution in [1.29, 1.82) is 0 Å². The minimum Gasteiger partial charge on any atom is -0.350 e. The first-order chi connectivity index (χ1) is 7.27. The molecule has 0 spiro atoms. The minimum absolute atomic E-state index is 0.0764. The van der Waals surface area contributed by atoms with Crippen LogP contribution in [0.1, 0.15) is 20.8 Å². The van der Waals surface area contributed by atoms with E-state index in [1.165, 1.54) is 0 Å². The van der Waals surface area contributed by atoms with E-state index >= 15 is 0 Å². The lowest BCUT2D eigenvalue weighted by molar-refractivity contribution is -0.128. The Hall–Kier alpha value is -1.58. The Kier molecular flexibility index (Phi) is 5.50. The van der Waals surface area contributed by atoms with Crippen molar-refractivity contribution in [3.8, 4) is 0 Å². The molecule has 0 rings (SSSR count). The Balaban J connectivity index is 4.21. The number of rotatable bonds is 5. The Morgan fingerprint density at radius 2 is 1.75 bits per heavy atom. The van der Waals surface area contributed by atoms with Gasteiger partial charge in [-0.25, -0.2) is 0 Å². The van der Waals surface area contributed by atoms with Crippen molar-refractivity contribution >= 4 is 11.8 Å². The van der Waals surface area contributed by atoms with Gasteiger partial charge in [-0.05, 0) is 20.8 Å². The molecule has 1 unspecified atom stereocenters. The van der Waals surface area contributed by atoms with Gasteiger partial charge in [-0.1, -0.05) is 13.2 Å². The molecule has 1 N–H and O–H groups in total. The molecule has 1 atom stereocenters. The first kappa shape index (κ1) is 14.4. The van der Waals surface area contributed by atoms with E-state index in [-0.39, 0.29) is 17.9 Å². The van der Waals surface area contributed by atoms with Crippen LogP contribution in [0.2, 0.25) is 0 Å². The zero-order valence-corrected chi connectivity index (χ0v) is 10.5. The monoisotopic (exact) mass is 224 g/mol. The van der Waals surface area contributed by atoms with E-state index in [0.717, 1.165) is 0 Å². The first-order valence-electron chi connectivity index (χ1n) is 5.13. The van der Waals surface area contributed by atoms with Crippen molar-refractivity contribution in [2.24, 2.45) is 0 Å². The van der Waals surface area contributed by atoms with Gasteiger partial charge in [0, 0.05) is 30.8 Å². The Bertz CT molecular complexity index is 321. The zero-order chi connectivity index (χ0) is 12.9. The highest BCUT2D eigenvalue weighted by Gasteiger charge is 2.16. The molecule has 0 aromatic rings. The van der Waals surface area contributed by atoms with E-state index in [2.05, 4.69) is 18.5 Å². The summed E-state index contributed by atoms with van der Waals surface area (Å²) >= 11 is 0. The molecule has 16 heavy (non-hydrogen) atoms. The summed E-state index contributed by atoms with van der Waals surface area (Å²) < 4.78 is 0. The smallest absolute Gasteiger partial charge is 0.248 e. The molecule has 0 saturated heterocycles. The van der Waals surface area contributed by atoms with Crippen LogP contribution < -0.4 is 5.32 Å². The second-order valence-electron chi connectivity index (χ2n) is 4.04. The normalized spacial score (nSPS) is 11.5. The molecule has 0 aliphatic rings. The number of nitrogens with one attached hydrogen (secondary N) is 1. The van der Waals surface area contributed by atoms with Crippen LogP contribution in [-0.2, 0) is 9.59 Å². The molecule has 0 radical (unpaired) electrons. The maximum Gasteiger partial charge on any atom is 0.248 e. The summed E-state index contributed by atoms with van der Waals surface area (Å²) in [5, 5.41) is 2.69. The fourth-order valence-electron chi connectivity index (χ4n) is 1.03. The second-order valence-corrected chi connectivity index (χ2v) is 4.04. The average Bonchev–Trinajstić information content (AvgIpc) is 2.22. The van der Waals surface area contributed by atoms with Crippen LogP contribution >= 0.6 is 0 Å². The van der Waals surface area contributed by atoms with Crippen LogP contribution in [0.4, 0.5) is 0 Å². The number of hydrogen-bond acceptors (Lipinski definition) is 2. The maximum atomic E-state index is 11.6. The van der Waals surface area contributed by atoms with Gasteiger partial charge in [0.1, 0.15) is 0 Å². The van der Waals surface area contributed by atoms with Gasteiger partial charge < -0.3 is 10.2 Å². The predicted octanol–water partition coefficient (Wildman–Crippen LogP) is 1.10. The van der Waals surface area contributed by atoms with Crippen molar-refractivity contribution < 1.29 is 9.59 Å². The summed E-state index contributed by atoms with van der Waals surface area (Å²) in [6.07, 6.45) is 0. The third-order valence-corrected chi connectivity index (χ3v) is 2.29. The largest absolute Gasteiger partial charge is 0.350 e. The van der Waals surface area contributed by atoms with Crippen LogP contribution in [0, 0.1) is 0 Å². The van der Waals surface area contributed by atoms with Crippen molar-refractivity contribution in [3.05, 3.63) is 24.3 Å². The van der Waals surface area contributed by atoms with Crippen LogP contribution in [0.25, 0.3) is 0 Å². The van der Waals surface area contributed by atoms with Gasteiger partial charge in [-0.3, -0.25) is 9.59 Å². The summed E-state index contributed by atoms with van der Waals surface area (Å²) in [6.45, 7) is 12.7. The third kappa shape index (κ3) is 4.29. The SMILES string of the molecule is C=C(C)C(=O)NCC(C)N(C)C(=O)C(=C)C. The molecule has 0 aliphatic heterocycles. The molecule has 2 amide bonds. The average molecular weight is 224 g/mol. The Morgan fingerprint density at radius 1 is 1.25 bits per heavy atom. The quantitative estimate of drug-likeness (QED) is 0.711. The van der Waals surface area contributed by atoms with Gasteiger partial charge >= 0.3 is 0 Å². The molecule has 0 fully saturated rings. The fraction of sp³-hybridized carbons (Fsp3) is 0.500. The van der Waals surface area contributed by atoms with Gasteiger partial charge in [0.25, 0.3) is 0 Å². The fourth-order valence-corrected chi connectivity index (χ4v) is 1.03. The molecule has 4 nitrogen and oxygen atoms in total. The van der Waals surface area contributed by atoms with Gasteiger partial charge in [0.15, 0.2) is 0 Å². The van der Waals surface area contributed by atoms with E-state index in [4.69, 9.17) is 0 Å². The van der Waals surface area contributed by atoms with Gasteiger partial charge in [-0.2, -0.15) is 0 Å². The van der Waals surface area contributed by atoms with Crippen molar-refractivity contribution in [2.75, 3.05) is 13.6 Å². The lowest BCUT2D eigenvalue weighted by Crippen LogP contribution is -2.43. The van der Waals surface area contributed by atoms with E-state index in [9.17, 15) is 9.59 Å². The standard InChI is InChI=1S/C12H20N2O2/c1-8(2)11(15)13-7-10(5)14(6)12(16)9(3)4/h10H,1,3,7H2,2,4-6H3,(H,13,15). The summed E-state index contributed by atoms with van der Waals surface area (Å²) in [5.41, 5.74) is 0.946. The minimum atomic E-state index is -0.192. The van der Waals surface area contributed by atoms with Crippen molar-refractivity contribution in [1.82, 2.24) is 10.2 Å². The zero-order valence-electron chi connectivity index (χ0n) is 10.5. The summed E-state index contributed by atoms with van der Waals surface area (Å²) in [5.74, 6) is -0.305. The van der Waals surface area contributed by atoms with Gasteiger partial charge in [0.05, 0.1) is 0 Å². The number of carbonyl (C=O) groups is 2. The second kappa shape index (κ2) is 6.10. The molecular formula is C12H20N2O2. The molecule has 0 heterocycles. The van der Waals surface area contributed by atoms with E-state index in [0.29, 0.717) is 17.7 Å². The third-order valence-electron chi connectivity index (χ3n) is 2.29. The summed E-state index contributed by atoms with van der Waals surface area (Å²) in [6, 6.07) is -0.0764. The number of amides is 2. The van der Waals surface area contributed by atoms with Crippen molar-refractivity contribution in [2.45, 2.75) is 26.8 Å². The number of carbonyl (C=O) groups excluding carboxylic acids is 2. The van der Waals surface area contributed by atoms with Crippen LogP contribution in [0.3, 0.4) is 0 Å². The molecule has 0 saturated carbocycles. The van der Waals surface area contributed by atoms with Crippen LogP contribution in [0.15, 0.2) is 24.3 Å². The summed E-state index contributed by atoms with van der Waals surface area (Å²) in [7, 11) is 1.69. The molecule has 0 aromatic carbocycles. The Morgan fingerprint density at radius 3 is 2.12 bits per heavy atom. The van der Waals surface area contributed by atoms with E-state index < -0.39 is 0 Å². The van der Waals surface area contributed by atoms with E-state index in [1.807, 2.05) is 6.92 Å². The molecule has 4 heteroatoms. The highest BCUT2D eigenvalue weighted by atomic mass is 16.2. The lowest BCUT2D eigenvalue weighted by Gasteiger charge is -2.25. The highest BCUT2D eigenvalue weighted by Crippen LogP contribution is 2.01. The van der Waals surface area contributed by atoms with Gasteiger partial charge in [0.2, 0.25) is 11.8 Å². The molecule has 0 bridgehead atoms. The van der Waals surface area contributed by atoms with Crippen LogP contribution in [0.5, 0.6) is 0 Å². The molecule has 90 valence electrons. The summed E-state index contributed by atoms with van der Waals surface area (Å²) in [4.78, 5) is 24.4. The number of nitrogens with zero attached hydrogens (tertiary/aromatic N) is 1. The van der Waals surface area contributed by atoms with Gasteiger partial charge in [-0.15, -0.1) is 0 Å². The van der Waals surface area contributed by atoms with Crippen molar-refractivity contribution in [3.63, 3.8) is 0 Å². The molecule has 0 aliphatic carbocycles. The first-order valence-corrected chi connectivity index (χ1v) is 5.13. The Labute approximate surface area is 97.0 Å². The number of likely N-dealkylation sites (N-methyl/N-ethyl adjacent to an activating group) is 1. The maximum absolute atomic E-state index is 11.6. The molecule has 0 aromatic heterocycles. The highest BCUT2D eigenvalue weighted by molar-refractivity contribution is 5.93. The van der Waals surface area contributed by atoms with E-state index in [1.54, 1.807) is 25.8 Å². The number of hydrogen-bond donors (Lipinski definition) is 1.